The third-order valence-corrected chi connectivity index (χ3v) is 1.77. The van der Waals surface area contributed by atoms with Crippen LogP contribution in [0.4, 0.5) is 0 Å². The lowest BCUT2D eigenvalue weighted by molar-refractivity contribution is -0.0446. The second-order valence-corrected chi connectivity index (χ2v) is 4.24. The van der Waals surface area contributed by atoms with Crippen LogP contribution in [-0.2, 0) is 11.5 Å². The highest BCUT2D eigenvalue weighted by Gasteiger charge is 2.10. The Labute approximate surface area is 87.5 Å². The lowest BCUT2D eigenvalue weighted by Crippen LogP contribution is -2.27. The third kappa shape index (κ3) is 3.12. The molecular weight excluding hydrogens is 204 g/mol. The second-order valence-electron chi connectivity index (χ2n) is 3.88. The fourth-order valence-corrected chi connectivity index (χ4v) is 0.950. The lowest BCUT2D eigenvalue weighted by atomic mass is 10.2. The summed E-state index contributed by atoms with van der Waals surface area (Å²) in [6.07, 6.45) is 3.01. The van der Waals surface area contributed by atoms with E-state index in [1.165, 1.54) is 10.8 Å². The zero-order valence-electron chi connectivity index (χ0n) is 8.45. The summed E-state index contributed by atoms with van der Waals surface area (Å²) in [5.41, 5.74) is -0.617. The Morgan fingerprint density at radius 3 is 2.79 bits per heavy atom. The first-order valence-corrected chi connectivity index (χ1v) is 4.63. The van der Waals surface area contributed by atoms with Crippen LogP contribution in [0.3, 0.4) is 0 Å². The van der Waals surface area contributed by atoms with Crippen molar-refractivity contribution >= 4 is 11.6 Å². The summed E-state index contributed by atoms with van der Waals surface area (Å²) in [5, 5.41) is -0.0370. The third-order valence-electron chi connectivity index (χ3n) is 1.51. The van der Waals surface area contributed by atoms with Crippen LogP contribution in [-0.4, -0.2) is 15.2 Å². The molecule has 0 saturated carbocycles. The molecule has 0 atom stereocenters. The van der Waals surface area contributed by atoms with Gasteiger partial charge in [-0.3, -0.25) is 9.36 Å². The molecule has 0 aliphatic carbocycles. The predicted octanol–water partition coefficient (Wildman–Crippen LogP) is 1.67. The van der Waals surface area contributed by atoms with Gasteiger partial charge in [-0.1, -0.05) is 11.6 Å². The molecule has 0 radical (unpaired) electrons. The first-order chi connectivity index (χ1) is 6.40. The molecule has 0 N–H and O–H groups in total. The number of rotatable bonds is 2. The summed E-state index contributed by atoms with van der Waals surface area (Å²) in [5.74, 6) is 0. The summed E-state index contributed by atoms with van der Waals surface area (Å²) in [4.78, 5) is 15.0. The summed E-state index contributed by atoms with van der Waals surface area (Å²) in [6, 6.07) is 0. The van der Waals surface area contributed by atoms with Crippen molar-refractivity contribution in [1.82, 2.24) is 9.55 Å². The fourth-order valence-electron chi connectivity index (χ4n) is 0.786. The molecule has 0 aliphatic heterocycles. The maximum absolute atomic E-state index is 11.4. The van der Waals surface area contributed by atoms with E-state index in [2.05, 4.69) is 4.98 Å². The molecule has 0 aromatic carbocycles. The summed E-state index contributed by atoms with van der Waals surface area (Å²) in [6.45, 7) is 5.94. The van der Waals surface area contributed by atoms with E-state index in [9.17, 15) is 4.79 Å². The topological polar surface area (TPSA) is 44.1 Å². The van der Waals surface area contributed by atoms with Crippen molar-refractivity contribution in [3.8, 4) is 0 Å². The van der Waals surface area contributed by atoms with Gasteiger partial charge in [-0.15, -0.1) is 0 Å². The molecule has 14 heavy (non-hydrogen) atoms. The van der Waals surface area contributed by atoms with Crippen LogP contribution < -0.4 is 5.56 Å². The highest BCUT2D eigenvalue weighted by molar-refractivity contribution is 6.29. The van der Waals surface area contributed by atoms with Gasteiger partial charge in [0.1, 0.15) is 6.73 Å². The van der Waals surface area contributed by atoms with Crippen molar-refractivity contribution in [3.63, 3.8) is 0 Å². The van der Waals surface area contributed by atoms with E-state index >= 15 is 0 Å². The summed E-state index contributed by atoms with van der Waals surface area (Å²) < 4.78 is 6.80. The number of hydrogen-bond donors (Lipinski definition) is 0. The zero-order valence-corrected chi connectivity index (χ0v) is 9.21. The molecular formula is C9H13ClN2O2. The highest BCUT2D eigenvalue weighted by Crippen LogP contribution is 2.07. The fraction of sp³-hybridized carbons (Fsp3) is 0.556. The van der Waals surface area contributed by atoms with Gasteiger partial charge in [0.05, 0.1) is 5.60 Å². The van der Waals surface area contributed by atoms with Crippen molar-refractivity contribution in [2.75, 3.05) is 0 Å². The molecule has 0 fully saturated rings. The van der Waals surface area contributed by atoms with Gasteiger partial charge in [0.25, 0.3) is 5.56 Å². The van der Waals surface area contributed by atoms with Crippen LogP contribution in [0.1, 0.15) is 20.8 Å². The molecule has 1 heterocycles. The van der Waals surface area contributed by atoms with Gasteiger partial charge in [0.15, 0.2) is 5.15 Å². The van der Waals surface area contributed by atoms with Gasteiger partial charge in [0.2, 0.25) is 0 Å². The Balaban J connectivity index is 2.78. The minimum atomic E-state index is -0.335. The monoisotopic (exact) mass is 216 g/mol. The lowest BCUT2D eigenvalue weighted by Gasteiger charge is -2.19. The average Bonchev–Trinajstić information content (AvgIpc) is 2.06. The Kier molecular flexibility index (Phi) is 3.29. The van der Waals surface area contributed by atoms with Gasteiger partial charge in [-0.25, -0.2) is 4.98 Å². The van der Waals surface area contributed by atoms with Gasteiger partial charge in [-0.05, 0) is 20.8 Å². The Bertz CT molecular complexity index is 368. The van der Waals surface area contributed by atoms with E-state index in [1.54, 1.807) is 6.20 Å². The van der Waals surface area contributed by atoms with Crippen LogP contribution in [0.25, 0.3) is 0 Å². The summed E-state index contributed by atoms with van der Waals surface area (Å²) in [7, 11) is 0. The molecule has 0 spiro atoms. The van der Waals surface area contributed by atoms with E-state index in [0.29, 0.717) is 0 Å². The van der Waals surface area contributed by atoms with Crippen molar-refractivity contribution < 1.29 is 4.74 Å². The maximum atomic E-state index is 11.4. The van der Waals surface area contributed by atoms with Gasteiger partial charge in [-0.2, -0.15) is 0 Å². The Morgan fingerprint density at radius 2 is 2.21 bits per heavy atom. The molecule has 78 valence electrons. The van der Waals surface area contributed by atoms with Crippen molar-refractivity contribution in [2.45, 2.75) is 33.1 Å². The number of ether oxygens (including phenoxy) is 1. The second kappa shape index (κ2) is 4.11. The predicted molar refractivity (Wildman–Crippen MR) is 54.3 cm³/mol. The van der Waals surface area contributed by atoms with E-state index < -0.39 is 0 Å². The number of aromatic nitrogens is 2. The molecule has 0 bridgehead atoms. The molecule has 0 aliphatic rings. The largest absolute Gasteiger partial charge is 0.355 e. The quantitative estimate of drug-likeness (QED) is 0.756. The van der Waals surface area contributed by atoms with Crippen LogP contribution in [0, 0.1) is 0 Å². The SMILES string of the molecule is CC(C)(C)OCn1ccnc(Cl)c1=O. The van der Waals surface area contributed by atoms with Crippen molar-refractivity contribution in [2.24, 2.45) is 0 Å². The number of halogens is 1. The molecule has 1 aromatic rings. The Morgan fingerprint density at radius 1 is 1.57 bits per heavy atom. The molecule has 4 nitrogen and oxygen atoms in total. The van der Waals surface area contributed by atoms with Gasteiger partial charge >= 0.3 is 0 Å². The standard InChI is InChI=1S/C9H13ClN2O2/c1-9(2,3)14-6-12-5-4-11-7(10)8(12)13/h4-5H,6H2,1-3H3. The summed E-state index contributed by atoms with van der Waals surface area (Å²) >= 11 is 5.56. The smallest absolute Gasteiger partial charge is 0.290 e. The number of nitrogens with zero attached hydrogens (tertiary/aromatic N) is 2. The average molecular weight is 217 g/mol. The molecule has 5 heteroatoms. The first kappa shape index (κ1) is 11.2. The van der Waals surface area contributed by atoms with Crippen LogP contribution in [0.15, 0.2) is 17.2 Å². The minimum Gasteiger partial charge on any atom is -0.355 e. The van der Waals surface area contributed by atoms with Crippen LogP contribution >= 0.6 is 11.6 Å². The van der Waals surface area contributed by atoms with Gasteiger partial charge < -0.3 is 4.74 Å². The van der Waals surface area contributed by atoms with Crippen molar-refractivity contribution in [1.29, 1.82) is 0 Å². The van der Waals surface area contributed by atoms with Crippen molar-refractivity contribution in [3.05, 3.63) is 27.9 Å². The normalized spacial score (nSPS) is 11.7. The Hall–Kier alpha value is -0.870. The molecule has 0 amide bonds. The molecule has 0 unspecified atom stereocenters. The first-order valence-electron chi connectivity index (χ1n) is 4.25. The minimum absolute atomic E-state index is 0.0370. The molecule has 1 rings (SSSR count). The zero-order chi connectivity index (χ0) is 10.8. The van der Waals surface area contributed by atoms with E-state index in [0.717, 1.165) is 0 Å². The van der Waals surface area contributed by atoms with Crippen LogP contribution in [0.2, 0.25) is 5.15 Å². The number of hydrogen-bond acceptors (Lipinski definition) is 3. The van der Waals surface area contributed by atoms with E-state index in [-0.39, 0.29) is 23.0 Å². The molecule has 0 saturated heterocycles. The van der Waals surface area contributed by atoms with E-state index in [1.807, 2.05) is 20.8 Å². The highest BCUT2D eigenvalue weighted by atomic mass is 35.5. The van der Waals surface area contributed by atoms with E-state index in [4.69, 9.17) is 16.3 Å². The molecule has 1 aromatic heterocycles. The van der Waals surface area contributed by atoms with Gasteiger partial charge in [0, 0.05) is 12.4 Å². The maximum Gasteiger partial charge on any atom is 0.290 e. The van der Waals surface area contributed by atoms with Crippen LogP contribution in [0.5, 0.6) is 0 Å².